The molecule has 0 aromatic heterocycles. The lowest BCUT2D eigenvalue weighted by Crippen LogP contribution is -2.20. The molecule has 0 spiro atoms. The molecule has 0 saturated carbocycles. The molecule has 0 aromatic carbocycles. The lowest BCUT2D eigenvalue weighted by atomic mass is 10.1. The molecular weight excluding hydrogens is 136 g/mol. The summed E-state index contributed by atoms with van der Waals surface area (Å²) in [5.74, 6) is 0.842. The van der Waals surface area contributed by atoms with E-state index in [2.05, 4.69) is 23.7 Å². The lowest BCUT2D eigenvalue weighted by Gasteiger charge is -2.13. The molecule has 0 saturated heterocycles. The molecule has 11 heavy (non-hydrogen) atoms. The standard InChI is InChI=1S/C9H18N2/c1-9(2)4-3-6-11-7-5-10-8-11/h8-9H,3-7H2,1-2H3. The van der Waals surface area contributed by atoms with Crippen molar-refractivity contribution < 1.29 is 0 Å². The largest absolute Gasteiger partial charge is 0.361 e. The van der Waals surface area contributed by atoms with E-state index >= 15 is 0 Å². The van der Waals surface area contributed by atoms with Crippen LogP contribution in [0.1, 0.15) is 26.7 Å². The predicted molar refractivity (Wildman–Crippen MR) is 49.0 cm³/mol. The highest BCUT2D eigenvalue weighted by Gasteiger charge is 2.04. The zero-order chi connectivity index (χ0) is 8.10. The molecule has 0 bridgehead atoms. The molecule has 0 amide bonds. The van der Waals surface area contributed by atoms with Crippen LogP contribution >= 0.6 is 0 Å². The summed E-state index contributed by atoms with van der Waals surface area (Å²) in [6.45, 7) is 7.89. The Balaban J connectivity index is 1.98. The van der Waals surface area contributed by atoms with Crippen molar-refractivity contribution in [1.82, 2.24) is 4.90 Å². The quantitative estimate of drug-likeness (QED) is 0.602. The fourth-order valence-electron chi connectivity index (χ4n) is 1.29. The van der Waals surface area contributed by atoms with Crippen LogP contribution in [0.3, 0.4) is 0 Å². The summed E-state index contributed by atoms with van der Waals surface area (Å²) in [5.41, 5.74) is 0. The molecule has 0 radical (unpaired) electrons. The van der Waals surface area contributed by atoms with Crippen molar-refractivity contribution in [2.45, 2.75) is 26.7 Å². The molecule has 0 aliphatic carbocycles. The van der Waals surface area contributed by atoms with E-state index in [9.17, 15) is 0 Å². The average Bonchev–Trinajstić information content (AvgIpc) is 2.39. The Bertz CT molecular complexity index is 130. The highest BCUT2D eigenvalue weighted by Crippen LogP contribution is 2.05. The monoisotopic (exact) mass is 154 g/mol. The van der Waals surface area contributed by atoms with E-state index < -0.39 is 0 Å². The van der Waals surface area contributed by atoms with Gasteiger partial charge in [-0.15, -0.1) is 0 Å². The summed E-state index contributed by atoms with van der Waals surface area (Å²) in [5, 5.41) is 0. The summed E-state index contributed by atoms with van der Waals surface area (Å²) in [6.07, 6.45) is 4.63. The molecule has 0 unspecified atom stereocenters. The van der Waals surface area contributed by atoms with Crippen LogP contribution in [0.2, 0.25) is 0 Å². The molecule has 1 aliphatic rings. The lowest BCUT2D eigenvalue weighted by molar-refractivity contribution is 0.423. The number of rotatable bonds is 4. The van der Waals surface area contributed by atoms with Crippen molar-refractivity contribution >= 4 is 6.34 Å². The molecule has 64 valence electrons. The molecule has 0 fully saturated rings. The van der Waals surface area contributed by atoms with Gasteiger partial charge in [-0.25, -0.2) is 0 Å². The SMILES string of the molecule is CC(C)CCCN1C=NCC1. The highest BCUT2D eigenvalue weighted by molar-refractivity contribution is 5.56. The molecule has 0 N–H and O–H groups in total. The van der Waals surface area contributed by atoms with Gasteiger partial charge in [-0.2, -0.15) is 0 Å². The van der Waals surface area contributed by atoms with Crippen LogP contribution in [0.25, 0.3) is 0 Å². The van der Waals surface area contributed by atoms with Crippen molar-refractivity contribution in [3.05, 3.63) is 0 Å². The van der Waals surface area contributed by atoms with E-state index in [-0.39, 0.29) is 0 Å². The van der Waals surface area contributed by atoms with Gasteiger partial charge < -0.3 is 4.90 Å². The fraction of sp³-hybridized carbons (Fsp3) is 0.889. The zero-order valence-corrected chi connectivity index (χ0v) is 7.58. The van der Waals surface area contributed by atoms with Crippen molar-refractivity contribution in [3.8, 4) is 0 Å². The third-order valence-corrected chi connectivity index (χ3v) is 1.99. The van der Waals surface area contributed by atoms with Crippen LogP contribution in [-0.4, -0.2) is 30.9 Å². The van der Waals surface area contributed by atoms with Gasteiger partial charge in [0.25, 0.3) is 0 Å². The normalized spacial score (nSPS) is 16.8. The first-order valence-corrected chi connectivity index (χ1v) is 4.53. The Morgan fingerprint density at radius 2 is 2.36 bits per heavy atom. The molecule has 2 heteroatoms. The van der Waals surface area contributed by atoms with E-state index in [4.69, 9.17) is 0 Å². The van der Waals surface area contributed by atoms with Crippen LogP contribution < -0.4 is 0 Å². The highest BCUT2D eigenvalue weighted by atomic mass is 15.2. The summed E-state index contributed by atoms with van der Waals surface area (Å²) in [7, 11) is 0. The second kappa shape index (κ2) is 4.37. The first-order chi connectivity index (χ1) is 5.29. The summed E-state index contributed by atoms with van der Waals surface area (Å²) in [6, 6.07) is 0. The third kappa shape index (κ3) is 3.40. The number of hydrogen-bond donors (Lipinski definition) is 0. The van der Waals surface area contributed by atoms with Gasteiger partial charge in [0, 0.05) is 13.1 Å². The van der Waals surface area contributed by atoms with Gasteiger partial charge in [-0.3, -0.25) is 4.99 Å². The Labute approximate surface area is 69.3 Å². The van der Waals surface area contributed by atoms with Crippen LogP contribution in [0, 0.1) is 5.92 Å². The van der Waals surface area contributed by atoms with E-state index in [1.54, 1.807) is 0 Å². The summed E-state index contributed by atoms with van der Waals surface area (Å²) >= 11 is 0. The predicted octanol–water partition coefficient (Wildman–Crippen LogP) is 1.77. The fourth-order valence-corrected chi connectivity index (χ4v) is 1.29. The summed E-state index contributed by atoms with van der Waals surface area (Å²) in [4.78, 5) is 6.47. The second-order valence-corrected chi connectivity index (χ2v) is 3.59. The maximum atomic E-state index is 4.16. The molecule has 0 aromatic rings. The maximum Gasteiger partial charge on any atom is 0.0851 e. The van der Waals surface area contributed by atoms with Crippen LogP contribution in [-0.2, 0) is 0 Å². The first-order valence-electron chi connectivity index (χ1n) is 4.53. The van der Waals surface area contributed by atoms with E-state index in [0.29, 0.717) is 0 Å². The van der Waals surface area contributed by atoms with Gasteiger partial charge in [-0.1, -0.05) is 13.8 Å². The van der Waals surface area contributed by atoms with Gasteiger partial charge in [0.15, 0.2) is 0 Å². The van der Waals surface area contributed by atoms with Crippen LogP contribution in [0.5, 0.6) is 0 Å². The Morgan fingerprint density at radius 3 is 2.91 bits per heavy atom. The Hall–Kier alpha value is -0.530. The third-order valence-electron chi connectivity index (χ3n) is 1.99. The van der Waals surface area contributed by atoms with Crippen LogP contribution in [0.15, 0.2) is 4.99 Å². The Morgan fingerprint density at radius 1 is 1.55 bits per heavy atom. The van der Waals surface area contributed by atoms with E-state index in [1.807, 2.05) is 6.34 Å². The van der Waals surface area contributed by atoms with Crippen molar-refractivity contribution in [2.24, 2.45) is 10.9 Å². The number of hydrogen-bond acceptors (Lipinski definition) is 2. The molecule has 2 nitrogen and oxygen atoms in total. The topological polar surface area (TPSA) is 15.6 Å². The van der Waals surface area contributed by atoms with E-state index in [0.717, 1.165) is 19.0 Å². The van der Waals surface area contributed by atoms with Crippen LogP contribution in [0.4, 0.5) is 0 Å². The first kappa shape index (κ1) is 8.57. The molecule has 1 rings (SSSR count). The van der Waals surface area contributed by atoms with Crippen molar-refractivity contribution in [2.75, 3.05) is 19.6 Å². The smallest absolute Gasteiger partial charge is 0.0851 e. The van der Waals surface area contributed by atoms with Gasteiger partial charge >= 0.3 is 0 Å². The molecular formula is C9H18N2. The van der Waals surface area contributed by atoms with Gasteiger partial charge in [0.2, 0.25) is 0 Å². The van der Waals surface area contributed by atoms with Crippen molar-refractivity contribution in [3.63, 3.8) is 0 Å². The molecule has 1 heterocycles. The van der Waals surface area contributed by atoms with Crippen molar-refractivity contribution in [1.29, 1.82) is 0 Å². The molecule has 0 atom stereocenters. The Kier molecular flexibility index (Phi) is 3.40. The van der Waals surface area contributed by atoms with Gasteiger partial charge in [0.1, 0.15) is 0 Å². The van der Waals surface area contributed by atoms with Gasteiger partial charge in [-0.05, 0) is 18.8 Å². The summed E-state index contributed by atoms with van der Waals surface area (Å²) < 4.78 is 0. The molecule has 1 aliphatic heterocycles. The number of aliphatic imine (C=N–C) groups is 1. The minimum atomic E-state index is 0.842. The minimum absolute atomic E-state index is 0.842. The average molecular weight is 154 g/mol. The maximum absolute atomic E-state index is 4.16. The minimum Gasteiger partial charge on any atom is -0.361 e. The second-order valence-electron chi connectivity index (χ2n) is 3.59. The number of nitrogens with zero attached hydrogens (tertiary/aromatic N) is 2. The van der Waals surface area contributed by atoms with E-state index in [1.165, 1.54) is 19.4 Å². The van der Waals surface area contributed by atoms with Gasteiger partial charge in [0.05, 0.1) is 12.9 Å². The zero-order valence-electron chi connectivity index (χ0n) is 7.58.